The van der Waals surface area contributed by atoms with Crippen LogP contribution < -0.4 is 0 Å². The zero-order valence-electron chi connectivity index (χ0n) is 12.7. The van der Waals surface area contributed by atoms with Gasteiger partial charge in [-0.05, 0) is 30.7 Å². The summed E-state index contributed by atoms with van der Waals surface area (Å²) in [6.45, 7) is 6.62. The third-order valence-corrected chi connectivity index (χ3v) is 3.94. The van der Waals surface area contributed by atoms with E-state index >= 15 is 0 Å². The molecule has 0 radical (unpaired) electrons. The molecule has 2 nitrogen and oxygen atoms in total. The van der Waals surface area contributed by atoms with Crippen LogP contribution in [-0.2, 0) is 6.54 Å². The average molecular weight is 281 g/mol. The van der Waals surface area contributed by atoms with Gasteiger partial charge in [0.2, 0.25) is 0 Å². The summed E-state index contributed by atoms with van der Waals surface area (Å²) < 4.78 is 0. The van der Waals surface area contributed by atoms with Crippen LogP contribution in [0.4, 0.5) is 0 Å². The SMILES string of the molecule is C=Cc1ccc(CN(C)[C@@H](C)[C@H](O)c2ccccc2)cc1. The number of aliphatic hydroxyl groups is 1. The second kappa shape index (κ2) is 7.21. The van der Waals surface area contributed by atoms with Crippen LogP contribution in [0.2, 0.25) is 0 Å². The second-order valence-electron chi connectivity index (χ2n) is 5.46. The van der Waals surface area contributed by atoms with Crippen molar-refractivity contribution in [2.24, 2.45) is 0 Å². The zero-order valence-corrected chi connectivity index (χ0v) is 12.7. The molecule has 2 rings (SSSR count). The summed E-state index contributed by atoms with van der Waals surface area (Å²) in [4.78, 5) is 2.17. The number of benzene rings is 2. The van der Waals surface area contributed by atoms with Gasteiger partial charge in [0.15, 0.2) is 0 Å². The second-order valence-corrected chi connectivity index (χ2v) is 5.46. The van der Waals surface area contributed by atoms with E-state index in [9.17, 15) is 5.11 Å². The molecule has 0 fully saturated rings. The molecule has 0 aliphatic rings. The summed E-state index contributed by atoms with van der Waals surface area (Å²) in [5.41, 5.74) is 3.31. The predicted molar refractivity (Wildman–Crippen MR) is 88.9 cm³/mol. The highest BCUT2D eigenvalue weighted by Crippen LogP contribution is 2.21. The van der Waals surface area contributed by atoms with Crippen molar-refractivity contribution < 1.29 is 5.11 Å². The maximum atomic E-state index is 10.5. The first-order valence-electron chi connectivity index (χ1n) is 7.26. The van der Waals surface area contributed by atoms with Crippen molar-refractivity contribution in [2.75, 3.05) is 7.05 Å². The first kappa shape index (κ1) is 15.5. The van der Waals surface area contributed by atoms with Crippen molar-refractivity contribution in [3.63, 3.8) is 0 Å². The van der Waals surface area contributed by atoms with Crippen LogP contribution in [0.1, 0.15) is 29.7 Å². The largest absolute Gasteiger partial charge is 0.387 e. The molecule has 2 aromatic carbocycles. The number of likely N-dealkylation sites (N-methyl/N-ethyl adjacent to an activating group) is 1. The number of hydrogen-bond donors (Lipinski definition) is 1. The van der Waals surface area contributed by atoms with Gasteiger partial charge in [-0.15, -0.1) is 0 Å². The Hall–Kier alpha value is -1.90. The third kappa shape index (κ3) is 4.03. The van der Waals surface area contributed by atoms with Crippen LogP contribution in [0.3, 0.4) is 0 Å². The van der Waals surface area contributed by atoms with Crippen LogP contribution in [0.15, 0.2) is 61.2 Å². The van der Waals surface area contributed by atoms with Crippen LogP contribution >= 0.6 is 0 Å². The lowest BCUT2D eigenvalue weighted by molar-refractivity contribution is 0.0688. The summed E-state index contributed by atoms with van der Waals surface area (Å²) >= 11 is 0. The van der Waals surface area contributed by atoms with Crippen LogP contribution in [-0.4, -0.2) is 23.1 Å². The van der Waals surface area contributed by atoms with Gasteiger partial charge in [-0.1, -0.05) is 67.3 Å². The van der Waals surface area contributed by atoms with Crippen LogP contribution in [0.25, 0.3) is 6.08 Å². The third-order valence-electron chi connectivity index (χ3n) is 3.94. The van der Waals surface area contributed by atoms with E-state index in [0.29, 0.717) is 0 Å². The first-order chi connectivity index (χ1) is 10.1. The van der Waals surface area contributed by atoms with Crippen LogP contribution in [0.5, 0.6) is 0 Å². The Morgan fingerprint density at radius 2 is 1.71 bits per heavy atom. The van der Waals surface area contributed by atoms with Gasteiger partial charge in [-0.3, -0.25) is 4.90 Å². The van der Waals surface area contributed by atoms with Gasteiger partial charge in [-0.25, -0.2) is 0 Å². The Bertz CT molecular complexity index is 562. The van der Waals surface area contributed by atoms with E-state index in [1.165, 1.54) is 5.56 Å². The highest BCUT2D eigenvalue weighted by molar-refractivity contribution is 5.47. The summed E-state index contributed by atoms with van der Waals surface area (Å²) in [5.74, 6) is 0. The summed E-state index contributed by atoms with van der Waals surface area (Å²) in [6, 6.07) is 18.2. The fourth-order valence-electron chi connectivity index (χ4n) is 2.36. The molecule has 1 N–H and O–H groups in total. The number of hydrogen-bond acceptors (Lipinski definition) is 2. The molecule has 0 aromatic heterocycles. The Kier molecular flexibility index (Phi) is 5.32. The molecule has 21 heavy (non-hydrogen) atoms. The molecule has 0 unspecified atom stereocenters. The topological polar surface area (TPSA) is 23.5 Å². The molecule has 0 aliphatic carbocycles. The van der Waals surface area contributed by atoms with Gasteiger partial charge < -0.3 is 5.11 Å². The monoisotopic (exact) mass is 281 g/mol. The van der Waals surface area contributed by atoms with E-state index in [-0.39, 0.29) is 6.04 Å². The molecule has 0 saturated heterocycles. The molecule has 0 aliphatic heterocycles. The number of nitrogens with zero attached hydrogens (tertiary/aromatic N) is 1. The lowest BCUT2D eigenvalue weighted by Gasteiger charge is -2.29. The van der Waals surface area contributed by atoms with Gasteiger partial charge in [0.1, 0.15) is 0 Å². The summed E-state index contributed by atoms with van der Waals surface area (Å²) in [7, 11) is 2.04. The molecule has 0 spiro atoms. The Morgan fingerprint density at radius 1 is 1.10 bits per heavy atom. The average Bonchev–Trinajstić information content (AvgIpc) is 2.55. The van der Waals surface area contributed by atoms with Crippen molar-refractivity contribution in [3.05, 3.63) is 77.9 Å². The lowest BCUT2D eigenvalue weighted by Crippen LogP contribution is -2.33. The van der Waals surface area contributed by atoms with Gasteiger partial charge in [0.05, 0.1) is 6.10 Å². The summed E-state index contributed by atoms with van der Waals surface area (Å²) in [6.07, 6.45) is 1.36. The van der Waals surface area contributed by atoms with E-state index in [1.807, 2.05) is 43.5 Å². The minimum atomic E-state index is -0.483. The van der Waals surface area contributed by atoms with Gasteiger partial charge in [0, 0.05) is 12.6 Å². The predicted octanol–water partition coefficient (Wildman–Crippen LogP) is 3.88. The van der Waals surface area contributed by atoms with E-state index in [2.05, 4.69) is 42.7 Å². The minimum absolute atomic E-state index is 0.0477. The highest BCUT2D eigenvalue weighted by atomic mass is 16.3. The Balaban J connectivity index is 2.01. The van der Waals surface area contributed by atoms with Crippen molar-refractivity contribution in [1.29, 1.82) is 0 Å². The smallest absolute Gasteiger partial charge is 0.0942 e. The molecule has 2 atom stereocenters. The maximum Gasteiger partial charge on any atom is 0.0942 e. The lowest BCUT2D eigenvalue weighted by atomic mass is 10.0. The fourth-order valence-corrected chi connectivity index (χ4v) is 2.36. The Morgan fingerprint density at radius 3 is 2.29 bits per heavy atom. The van der Waals surface area contributed by atoms with Crippen LogP contribution in [0, 0.1) is 0 Å². The van der Waals surface area contributed by atoms with E-state index in [4.69, 9.17) is 0 Å². The minimum Gasteiger partial charge on any atom is -0.387 e. The van der Waals surface area contributed by atoms with E-state index in [1.54, 1.807) is 0 Å². The van der Waals surface area contributed by atoms with Gasteiger partial charge in [0.25, 0.3) is 0 Å². The molecular formula is C19H23NO. The summed E-state index contributed by atoms with van der Waals surface area (Å²) in [5, 5.41) is 10.5. The fraction of sp³-hybridized carbons (Fsp3) is 0.263. The van der Waals surface area contributed by atoms with Crippen molar-refractivity contribution in [1.82, 2.24) is 4.90 Å². The normalized spacial score (nSPS) is 13.9. The van der Waals surface area contributed by atoms with E-state index in [0.717, 1.165) is 17.7 Å². The molecule has 2 heteroatoms. The van der Waals surface area contributed by atoms with Gasteiger partial charge in [-0.2, -0.15) is 0 Å². The Labute approximate surface area is 127 Å². The first-order valence-corrected chi connectivity index (χ1v) is 7.26. The van der Waals surface area contributed by atoms with Crippen molar-refractivity contribution >= 4 is 6.08 Å². The number of aliphatic hydroxyl groups excluding tert-OH is 1. The quantitative estimate of drug-likeness (QED) is 0.868. The molecule has 0 amide bonds. The molecule has 110 valence electrons. The molecule has 0 bridgehead atoms. The van der Waals surface area contributed by atoms with Crippen molar-refractivity contribution in [3.8, 4) is 0 Å². The standard InChI is InChI=1S/C19H23NO/c1-4-16-10-12-17(13-11-16)14-20(3)15(2)19(21)18-8-6-5-7-9-18/h4-13,15,19,21H,1,14H2,2-3H3/t15-,19-/m0/s1. The molecule has 2 aromatic rings. The zero-order chi connectivity index (χ0) is 15.2. The number of rotatable bonds is 6. The van der Waals surface area contributed by atoms with Crippen molar-refractivity contribution in [2.45, 2.75) is 25.6 Å². The molecule has 0 heterocycles. The maximum absolute atomic E-state index is 10.5. The molecular weight excluding hydrogens is 258 g/mol. The van der Waals surface area contributed by atoms with E-state index < -0.39 is 6.10 Å². The highest BCUT2D eigenvalue weighted by Gasteiger charge is 2.20. The molecule has 0 saturated carbocycles. The van der Waals surface area contributed by atoms with Gasteiger partial charge >= 0.3 is 0 Å².